The van der Waals surface area contributed by atoms with E-state index in [2.05, 4.69) is 5.10 Å². The highest BCUT2D eigenvalue weighted by molar-refractivity contribution is 5.94. The van der Waals surface area contributed by atoms with Crippen molar-refractivity contribution in [3.05, 3.63) is 47.8 Å². The molecule has 2 fully saturated rings. The van der Waals surface area contributed by atoms with E-state index >= 15 is 0 Å². The minimum absolute atomic E-state index is 0.00336. The molecule has 1 atom stereocenters. The lowest BCUT2D eigenvalue weighted by Crippen LogP contribution is -2.59. The second-order valence-corrected chi connectivity index (χ2v) is 6.50. The predicted molar refractivity (Wildman–Crippen MR) is 88.3 cm³/mol. The number of ether oxygens (including phenoxy) is 2. The highest BCUT2D eigenvalue weighted by Crippen LogP contribution is 2.30. The summed E-state index contributed by atoms with van der Waals surface area (Å²) in [5.41, 5.74) is 2.38. The number of morpholine rings is 1. The van der Waals surface area contributed by atoms with Crippen molar-refractivity contribution in [1.82, 2.24) is 14.7 Å². The minimum Gasteiger partial charge on any atom is -0.379 e. The largest absolute Gasteiger partial charge is 0.379 e. The molecule has 0 radical (unpaired) electrons. The van der Waals surface area contributed by atoms with Crippen LogP contribution in [0.3, 0.4) is 0 Å². The molecule has 24 heavy (non-hydrogen) atoms. The summed E-state index contributed by atoms with van der Waals surface area (Å²) in [6.45, 7) is 4.97. The predicted octanol–water partition coefficient (Wildman–Crippen LogP) is 1.81. The van der Waals surface area contributed by atoms with Crippen LogP contribution in [0.25, 0.3) is 5.69 Å². The fraction of sp³-hybridized carbons (Fsp3) is 0.444. The van der Waals surface area contributed by atoms with Gasteiger partial charge in [0.1, 0.15) is 0 Å². The monoisotopic (exact) mass is 327 g/mol. The molecule has 3 heterocycles. The van der Waals surface area contributed by atoms with Gasteiger partial charge in [0.05, 0.1) is 42.8 Å². The molecule has 2 aliphatic heterocycles. The van der Waals surface area contributed by atoms with Gasteiger partial charge in [0.15, 0.2) is 0 Å². The van der Waals surface area contributed by atoms with Crippen LogP contribution in [0.4, 0.5) is 0 Å². The summed E-state index contributed by atoms with van der Waals surface area (Å²) in [4.78, 5) is 15.0. The highest BCUT2D eigenvalue weighted by atomic mass is 16.5. The van der Waals surface area contributed by atoms with Crippen molar-refractivity contribution in [1.29, 1.82) is 0 Å². The molecule has 2 saturated heterocycles. The summed E-state index contributed by atoms with van der Waals surface area (Å²) in [6.07, 6.45) is 4.28. The molecule has 0 saturated carbocycles. The molecular weight excluding hydrogens is 306 g/mol. The Morgan fingerprint density at radius 1 is 1.21 bits per heavy atom. The molecule has 1 spiro atoms. The maximum Gasteiger partial charge on any atom is 0.257 e. The van der Waals surface area contributed by atoms with E-state index < -0.39 is 0 Å². The van der Waals surface area contributed by atoms with E-state index in [4.69, 9.17) is 9.47 Å². The quantitative estimate of drug-likeness (QED) is 0.844. The number of hydrogen-bond donors (Lipinski definition) is 0. The van der Waals surface area contributed by atoms with Gasteiger partial charge in [-0.15, -0.1) is 0 Å². The zero-order chi connectivity index (χ0) is 16.6. The van der Waals surface area contributed by atoms with E-state index in [0.29, 0.717) is 38.5 Å². The van der Waals surface area contributed by atoms with E-state index in [0.717, 1.165) is 17.7 Å². The summed E-state index contributed by atoms with van der Waals surface area (Å²) in [5, 5.41) is 4.38. The van der Waals surface area contributed by atoms with E-state index in [1.54, 1.807) is 10.9 Å². The van der Waals surface area contributed by atoms with Gasteiger partial charge in [0, 0.05) is 19.3 Å². The molecule has 1 aromatic carbocycles. The van der Waals surface area contributed by atoms with Gasteiger partial charge in [-0.1, -0.05) is 18.2 Å². The summed E-state index contributed by atoms with van der Waals surface area (Å²) >= 11 is 0. The molecule has 2 aliphatic rings. The molecule has 0 aliphatic carbocycles. The molecule has 6 heteroatoms. The number of amides is 1. The summed E-state index contributed by atoms with van der Waals surface area (Å²) in [5.74, 6) is 0.00336. The standard InChI is InChI=1S/C18H21N3O3/c1-14-4-2-3-5-16(14)21-11-15(10-19-21)17(22)20-7-9-24-13-18(20)6-8-23-12-18/h2-5,10-11H,6-9,12-13H2,1H3. The van der Waals surface area contributed by atoms with E-state index in [9.17, 15) is 4.79 Å². The number of carbonyl (C=O) groups excluding carboxylic acids is 1. The number of nitrogens with zero attached hydrogens (tertiary/aromatic N) is 3. The second kappa shape index (κ2) is 6.03. The maximum absolute atomic E-state index is 13.1. The third-order valence-electron chi connectivity index (χ3n) is 4.92. The fourth-order valence-corrected chi connectivity index (χ4v) is 3.51. The third-order valence-corrected chi connectivity index (χ3v) is 4.92. The Hall–Kier alpha value is -2.18. The van der Waals surface area contributed by atoms with Crippen LogP contribution in [0.1, 0.15) is 22.3 Å². The lowest BCUT2D eigenvalue weighted by atomic mass is 9.95. The normalized spacial score (nSPS) is 23.8. The Morgan fingerprint density at radius 2 is 2.00 bits per heavy atom. The average Bonchev–Trinajstić information content (AvgIpc) is 3.26. The number of hydrogen-bond acceptors (Lipinski definition) is 4. The van der Waals surface area contributed by atoms with Crippen LogP contribution in [0.5, 0.6) is 0 Å². The van der Waals surface area contributed by atoms with Crippen molar-refractivity contribution in [2.75, 3.05) is 33.0 Å². The maximum atomic E-state index is 13.1. The fourth-order valence-electron chi connectivity index (χ4n) is 3.51. The SMILES string of the molecule is Cc1ccccc1-n1cc(C(=O)N2CCOCC23CCOC3)cn1. The Kier molecular flexibility index (Phi) is 3.86. The number of carbonyl (C=O) groups is 1. The van der Waals surface area contributed by atoms with Gasteiger partial charge in [0.25, 0.3) is 5.91 Å². The Morgan fingerprint density at radius 3 is 2.79 bits per heavy atom. The van der Waals surface area contributed by atoms with E-state index in [-0.39, 0.29) is 11.4 Å². The number of benzene rings is 1. The number of para-hydroxylation sites is 1. The van der Waals surface area contributed by atoms with Gasteiger partial charge < -0.3 is 14.4 Å². The van der Waals surface area contributed by atoms with Gasteiger partial charge in [-0.05, 0) is 25.0 Å². The Balaban J connectivity index is 1.62. The molecule has 126 valence electrons. The smallest absolute Gasteiger partial charge is 0.257 e. The number of rotatable bonds is 2. The first-order valence-corrected chi connectivity index (χ1v) is 8.28. The van der Waals surface area contributed by atoms with Gasteiger partial charge >= 0.3 is 0 Å². The van der Waals surface area contributed by atoms with Crippen LogP contribution in [0, 0.1) is 6.92 Å². The van der Waals surface area contributed by atoms with Crippen LogP contribution in [-0.2, 0) is 9.47 Å². The Bertz CT molecular complexity index is 749. The van der Waals surface area contributed by atoms with Crippen LogP contribution in [0.2, 0.25) is 0 Å². The lowest BCUT2D eigenvalue weighted by molar-refractivity contribution is -0.0551. The van der Waals surface area contributed by atoms with Crippen molar-refractivity contribution < 1.29 is 14.3 Å². The van der Waals surface area contributed by atoms with Gasteiger partial charge in [-0.2, -0.15) is 5.10 Å². The summed E-state index contributed by atoms with van der Waals surface area (Å²) < 4.78 is 12.9. The summed E-state index contributed by atoms with van der Waals surface area (Å²) in [7, 11) is 0. The zero-order valence-electron chi connectivity index (χ0n) is 13.8. The molecule has 0 bridgehead atoms. The molecule has 6 nitrogen and oxygen atoms in total. The van der Waals surface area contributed by atoms with Crippen molar-refractivity contribution in [3.8, 4) is 5.69 Å². The van der Waals surface area contributed by atoms with E-state index in [1.165, 1.54) is 0 Å². The zero-order valence-corrected chi connectivity index (χ0v) is 13.8. The first kappa shape index (κ1) is 15.4. The van der Waals surface area contributed by atoms with E-state index in [1.807, 2.05) is 42.3 Å². The first-order valence-electron chi connectivity index (χ1n) is 8.28. The van der Waals surface area contributed by atoms with Crippen molar-refractivity contribution >= 4 is 5.91 Å². The molecule has 1 amide bonds. The topological polar surface area (TPSA) is 56.6 Å². The third kappa shape index (κ3) is 2.52. The number of aromatic nitrogens is 2. The molecule has 2 aromatic rings. The van der Waals surface area contributed by atoms with Crippen LogP contribution < -0.4 is 0 Å². The first-order chi connectivity index (χ1) is 11.7. The molecule has 4 rings (SSSR count). The number of aryl methyl sites for hydroxylation is 1. The average molecular weight is 327 g/mol. The van der Waals surface area contributed by atoms with Crippen LogP contribution >= 0.6 is 0 Å². The molecule has 1 unspecified atom stereocenters. The van der Waals surface area contributed by atoms with Crippen LogP contribution in [-0.4, -0.2) is 59.1 Å². The van der Waals surface area contributed by atoms with Gasteiger partial charge in [-0.3, -0.25) is 4.79 Å². The highest BCUT2D eigenvalue weighted by Gasteiger charge is 2.45. The summed E-state index contributed by atoms with van der Waals surface area (Å²) in [6, 6.07) is 7.99. The molecule has 1 aromatic heterocycles. The van der Waals surface area contributed by atoms with Crippen molar-refractivity contribution in [3.63, 3.8) is 0 Å². The van der Waals surface area contributed by atoms with Crippen LogP contribution in [0.15, 0.2) is 36.7 Å². The second-order valence-electron chi connectivity index (χ2n) is 6.50. The van der Waals surface area contributed by atoms with Gasteiger partial charge in [-0.25, -0.2) is 4.68 Å². The Labute approximate surface area is 141 Å². The van der Waals surface area contributed by atoms with Gasteiger partial charge in [0.2, 0.25) is 0 Å². The molecule has 0 N–H and O–H groups in total. The molecular formula is C18H21N3O3. The minimum atomic E-state index is -0.319. The van der Waals surface area contributed by atoms with Crippen molar-refractivity contribution in [2.45, 2.75) is 18.9 Å². The van der Waals surface area contributed by atoms with Crippen molar-refractivity contribution in [2.24, 2.45) is 0 Å². The lowest BCUT2D eigenvalue weighted by Gasteiger charge is -2.43.